The lowest BCUT2D eigenvalue weighted by Gasteiger charge is -2.25. The van der Waals surface area contributed by atoms with Crippen molar-refractivity contribution < 1.29 is 9.53 Å². The van der Waals surface area contributed by atoms with E-state index in [0.717, 1.165) is 19.6 Å². The molecule has 1 saturated heterocycles. The normalized spacial score (nSPS) is 17.7. The van der Waals surface area contributed by atoms with E-state index in [4.69, 9.17) is 4.74 Å². The van der Waals surface area contributed by atoms with Gasteiger partial charge in [-0.15, -0.1) is 0 Å². The predicted molar refractivity (Wildman–Crippen MR) is 56.1 cm³/mol. The van der Waals surface area contributed by atoms with Gasteiger partial charge in [0.2, 0.25) is 0 Å². The van der Waals surface area contributed by atoms with E-state index in [2.05, 4.69) is 11.5 Å². The summed E-state index contributed by atoms with van der Waals surface area (Å²) in [6, 6.07) is 0. The fourth-order valence-corrected chi connectivity index (χ4v) is 1.66. The van der Waals surface area contributed by atoms with Gasteiger partial charge in [-0.25, -0.2) is 0 Å². The Morgan fingerprint density at radius 2 is 2.07 bits per heavy atom. The number of piperidine rings is 1. The molecule has 0 atom stereocenters. The molecule has 0 bridgehead atoms. The van der Waals surface area contributed by atoms with Crippen LogP contribution < -0.4 is 0 Å². The summed E-state index contributed by atoms with van der Waals surface area (Å²) in [5.74, 6) is -0.115. The summed E-state index contributed by atoms with van der Waals surface area (Å²) >= 11 is 0. The van der Waals surface area contributed by atoms with Crippen molar-refractivity contribution in [3.63, 3.8) is 0 Å². The number of carbonyl (C=O) groups excluding carboxylic acids is 1. The van der Waals surface area contributed by atoms with Crippen LogP contribution in [0.4, 0.5) is 0 Å². The zero-order chi connectivity index (χ0) is 10.2. The highest BCUT2D eigenvalue weighted by atomic mass is 16.5. The Balaban J connectivity index is 2.06. The summed E-state index contributed by atoms with van der Waals surface area (Å²) in [5.41, 5.74) is 0. The average Bonchev–Trinajstić information content (AvgIpc) is 2.25. The molecular formula is C11H19NO2. The first-order valence-electron chi connectivity index (χ1n) is 5.32. The van der Waals surface area contributed by atoms with E-state index in [1.165, 1.54) is 19.3 Å². The third-order valence-corrected chi connectivity index (χ3v) is 2.44. The number of carbonyl (C=O) groups is 1. The zero-order valence-electron chi connectivity index (χ0n) is 8.71. The van der Waals surface area contributed by atoms with Gasteiger partial charge in [-0.1, -0.05) is 19.1 Å². The van der Waals surface area contributed by atoms with Crippen LogP contribution in [0.5, 0.6) is 0 Å². The standard InChI is InChI=1S/C11H19NO2/c1-2-10-14-11(13)6-9-12-7-4-3-5-8-12/h2H,1,3-10H2. The molecule has 1 heterocycles. The number of hydrogen-bond donors (Lipinski definition) is 0. The molecule has 0 N–H and O–H groups in total. The largest absolute Gasteiger partial charge is 0.461 e. The lowest BCUT2D eigenvalue weighted by Crippen LogP contribution is -2.31. The number of ether oxygens (including phenoxy) is 1. The van der Waals surface area contributed by atoms with Crippen molar-refractivity contribution >= 4 is 5.97 Å². The van der Waals surface area contributed by atoms with Gasteiger partial charge in [0.1, 0.15) is 6.61 Å². The van der Waals surface area contributed by atoms with Crippen molar-refractivity contribution in [3.8, 4) is 0 Å². The molecular weight excluding hydrogens is 178 g/mol. The highest BCUT2D eigenvalue weighted by molar-refractivity contribution is 5.69. The Kier molecular flexibility index (Phi) is 5.30. The Morgan fingerprint density at radius 1 is 1.36 bits per heavy atom. The maximum absolute atomic E-state index is 11.1. The lowest BCUT2D eigenvalue weighted by molar-refractivity contribution is -0.142. The molecule has 3 heteroatoms. The second-order valence-electron chi connectivity index (χ2n) is 3.62. The van der Waals surface area contributed by atoms with E-state index in [1.54, 1.807) is 6.08 Å². The Morgan fingerprint density at radius 3 is 2.71 bits per heavy atom. The van der Waals surface area contributed by atoms with Gasteiger partial charge in [0.25, 0.3) is 0 Å². The molecule has 0 saturated carbocycles. The van der Waals surface area contributed by atoms with Gasteiger partial charge in [-0.05, 0) is 25.9 Å². The molecule has 1 aliphatic rings. The van der Waals surface area contributed by atoms with Crippen LogP contribution >= 0.6 is 0 Å². The molecule has 0 aliphatic carbocycles. The van der Waals surface area contributed by atoms with E-state index in [0.29, 0.717) is 13.0 Å². The van der Waals surface area contributed by atoms with Crippen molar-refractivity contribution in [3.05, 3.63) is 12.7 Å². The number of hydrogen-bond acceptors (Lipinski definition) is 3. The summed E-state index contributed by atoms with van der Waals surface area (Å²) < 4.78 is 4.90. The number of rotatable bonds is 5. The number of esters is 1. The first-order chi connectivity index (χ1) is 6.83. The monoisotopic (exact) mass is 197 g/mol. The van der Waals surface area contributed by atoms with E-state index >= 15 is 0 Å². The van der Waals surface area contributed by atoms with Crippen molar-refractivity contribution in [2.75, 3.05) is 26.2 Å². The van der Waals surface area contributed by atoms with Gasteiger partial charge < -0.3 is 9.64 Å². The van der Waals surface area contributed by atoms with Gasteiger partial charge in [0, 0.05) is 6.54 Å². The maximum atomic E-state index is 11.1. The van der Waals surface area contributed by atoms with E-state index in [1.807, 2.05) is 0 Å². The van der Waals surface area contributed by atoms with Crippen LogP contribution in [0.25, 0.3) is 0 Å². The predicted octanol–water partition coefficient (Wildman–Crippen LogP) is 1.59. The van der Waals surface area contributed by atoms with Crippen LogP contribution in [0, 0.1) is 0 Å². The average molecular weight is 197 g/mol. The fourth-order valence-electron chi connectivity index (χ4n) is 1.66. The van der Waals surface area contributed by atoms with E-state index in [-0.39, 0.29) is 5.97 Å². The minimum atomic E-state index is -0.115. The molecule has 0 unspecified atom stereocenters. The molecule has 14 heavy (non-hydrogen) atoms. The van der Waals surface area contributed by atoms with Gasteiger partial charge in [0.15, 0.2) is 0 Å². The molecule has 1 fully saturated rings. The molecule has 0 amide bonds. The summed E-state index contributed by atoms with van der Waals surface area (Å²) in [6.07, 6.45) is 5.97. The zero-order valence-corrected chi connectivity index (χ0v) is 8.71. The molecule has 1 rings (SSSR count). The molecule has 0 radical (unpaired) electrons. The number of likely N-dealkylation sites (tertiary alicyclic amines) is 1. The van der Waals surface area contributed by atoms with Gasteiger partial charge in [0.05, 0.1) is 6.42 Å². The minimum Gasteiger partial charge on any atom is -0.461 e. The Bertz CT molecular complexity index is 186. The number of nitrogens with zero attached hydrogens (tertiary/aromatic N) is 1. The van der Waals surface area contributed by atoms with Crippen LogP contribution in [0.1, 0.15) is 25.7 Å². The smallest absolute Gasteiger partial charge is 0.307 e. The molecule has 0 spiro atoms. The van der Waals surface area contributed by atoms with Crippen molar-refractivity contribution in [1.29, 1.82) is 0 Å². The second-order valence-corrected chi connectivity index (χ2v) is 3.62. The maximum Gasteiger partial charge on any atom is 0.307 e. The molecule has 0 aromatic heterocycles. The minimum absolute atomic E-state index is 0.115. The van der Waals surface area contributed by atoms with Crippen LogP contribution in [0.2, 0.25) is 0 Å². The van der Waals surface area contributed by atoms with Crippen molar-refractivity contribution in [1.82, 2.24) is 4.90 Å². The quantitative estimate of drug-likeness (QED) is 0.495. The molecule has 0 aromatic carbocycles. The van der Waals surface area contributed by atoms with Gasteiger partial charge >= 0.3 is 5.97 Å². The molecule has 80 valence electrons. The Hall–Kier alpha value is -0.830. The summed E-state index contributed by atoms with van der Waals surface area (Å²) in [4.78, 5) is 13.5. The van der Waals surface area contributed by atoms with Crippen LogP contribution in [0.3, 0.4) is 0 Å². The summed E-state index contributed by atoms with van der Waals surface area (Å²) in [6.45, 7) is 6.94. The highest BCUT2D eigenvalue weighted by Gasteiger charge is 2.11. The fraction of sp³-hybridized carbons (Fsp3) is 0.727. The second kappa shape index (κ2) is 6.60. The first kappa shape index (κ1) is 11.2. The van der Waals surface area contributed by atoms with Crippen molar-refractivity contribution in [2.24, 2.45) is 0 Å². The van der Waals surface area contributed by atoms with E-state index < -0.39 is 0 Å². The molecule has 3 nitrogen and oxygen atoms in total. The SMILES string of the molecule is C=CCOC(=O)CCN1CCCCC1. The summed E-state index contributed by atoms with van der Waals surface area (Å²) in [5, 5.41) is 0. The molecule has 0 aromatic rings. The highest BCUT2D eigenvalue weighted by Crippen LogP contribution is 2.08. The van der Waals surface area contributed by atoms with Crippen LogP contribution in [-0.2, 0) is 9.53 Å². The lowest BCUT2D eigenvalue weighted by atomic mass is 10.1. The summed E-state index contributed by atoms with van der Waals surface area (Å²) in [7, 11) is 0. The van der Waals surface area contributed by atoms with Gasteiger partial charge in [-0.2, -0.15) is 0 Å². The third kappa shape index (κ3) is 4.42. The molecule has 1 aliphatic heterocycles. The van der Waals surface area contributed by atoms with E-state index in [9.17, 15) is 4.79 Å². The van der Waals surface area contributed by atoms with Crippen molar-refractivity contribution in [2.45, 2.75) is 25.7 Å². The topological polar surface area (TPSA) is 29.5 Å². The Labute approximate surface area is 85.7 Å². The third-order valence-electron chi connectivity index (χ3n) is 2.44. The first-order valence-corrected chi connectivity index (χ1v) is 5.32. The van der Waals surface area contributed by atoms with Crippen LogP contribution in [0.15, 0.2) is 12.7 Å². The van der Waals surface area contributed by atoms with Crippen LogP contribution in [-0.4, -0.2) is 37.1 Å². The van der Waals surface area contributed by atoms with Gasteiger partial charge in [-0.3, -0.25) is 4.79 Å².